The fraction of sp³-hybridized carbons (Fsp3) is 0.684. The molecule has 0 radical (unpaired) electrons. The molecule has 1 N–H and O–H groups in total. The molecule has 146 valence electrons. The second-order valence-electron chi connectivity index (χ2n) is 7.25. The smallest absolute Gasteiger partial charge is 0.317 e. The average molecular weight is 382 g/mol. The van der Waals surface area contributed by atoms with Crippen molar-refractivity contribution in [1.29, 1.82) is 0 Å². The number of piperidine rings is 1. The molecule has 7 heteroatoms. The molecule has 0 unspecified atom stereocenters. The van der Waals surface area contributed by atoms with Gasteiger partial charge in [-0.1, -0.05) is 13.8 Å². The van der Waals surface area contributed by atoms with Gasteiger partial charge in [0.25, 0.3) is 0 Å². The third-order valence-corrected chi connectivity index (χ3v) is 5.30. The zero-order valence-electron chi connectivity index (χ0n) is 16.1. The van der Waals surface area contributed by atoms with Crippen LogP contribution in [0.25, 0.3) is 0 Å². The standard InChI is InChI=1S/C19H31N3O3S/c1-15(2)12-18(23)21-7-4-17(5-8-21)20-19(24)22(9-10-25-3)13-16-6-11-26-14-16/h6,11,14-15,17H,4-5,7-10,12-13H2,1-3H3,(H,20,24). The van der Waals surface area contributed by atoms with Gasteiger partial charge in [-0.15, -0.1) is 0 Å². The summed E-state index contributed by atoms with van der Waals surface area (Å²) in [5, 5.41) is 7.22. The van der Waals surface area contributed by atoms with E-state index in [2.05, 4.69) is 24.5 Å². The summed E-state index contributed by atoms with van der Waals surface area (Å²) >= 11 is 1.63. The van der Waals surface area contributed by atoms with Crippen molar-refractivity contribution in [2.24, 2.45) is 5.92 Å². The Bertz CT molecular complexity index is 554. The van der Waals surface area contributed by atoms with Gasteiger partial charge in [0.1, 0.15) is 0 Å². The van der Waals surface area contributed by atoms with Crippen LogP contribution in [0.3, 0.4) is 0 Å². The minimum Gasteiger partial charge on any atom is -0.383 e. The molecule has 1 aromatic rings. The van der Waals surface area contributed by atoms with E-state index in [1.165, 1.54) is 0 Å². The summed E-state index contributed by atoms with van der Waals surface area (Å²) in [7, 11) is 1.64. The van der Waals surface area contributed by atoms with E-state index < -0.39 is 0 Å². The van der Waals surface area contributed by atoms with Gasteiger partial charge in [-0.3, -0.25) is 4.79 Å². The Morgan fingerprint density at radius 1 is 1.38 bits per heavy atom. The van der Waals surface area contributed by atoms with E-state index in [0.717, 1.165) is 31.5 Å². The number of urea groups is 1. The van der Waals surface area contributed by atoms with Crippen LogP contribution in [-0.4, -0.2) is 61.1 Å². The van der Waals surface area contributed by atoms with Crippen LogP contribution in [0.15, 0.2) is 16.8 Å². The van der Waals surface area contributed by atoms with Gasteiger partial charge in [-0.2, -0.15) is 11.3 Å². The molecule has 1 fully saturated rings. The van der Waals surface area contributed by atoms with Gasteiger partial charge in [0.15, 0.2) is 0 Å². The summed E-state index contributed by atoms with van der Waals surface area (Å²) in [4.78, 5) is 28.6. The van der Waals surface area contributed by atoms with Gasteiger partial charge in [0.05, 0.1) is 6.61 Å². The van der Waals surface area contributed by atoms with Crippen LogP contribution in [0, 0.1) is 5.92 Å². The van der Waals surface area contributed by atoms with Crippen LogP contribution in [0.4, 0.5) is 4.79 Å². The van der Waals surface area contributed by atoms with Gasteiger partial charge in [-0.05, 0) is 41.1 Å². The van der Waals surface area contributed by atoms with Crippen LogP contribution in [0.1, 0.15) is 38.7 Å². The number of carbonyl (C=O) groups is 2. The van der Waals surface area contributed by atoms with Crippen molar-refractivity contribution in [3.63, 3.8) is 0 Å². The Balaban J connectivity index is 1.82. The Morgan fingerprint density at radius 2 is 2.12 bits per heavy atom. The number of carbonyl (C=O) groups excluding carboxylic acids is 2. The van der Waals surface area contributed by atoms with E-state index in [4.69, 9.17) is 4.74 Å². The Morgan fingerprint density at radius 3 is 2.69 bits per heavy atom. The van der Waals surface area contributed by atoms with E-state index in [1.54, 1.807) is 23.3 Å². The predicted molar refractivity (Wildman–Crippen MR) is 104 cm³/mol. The van der Waals surface area contributed by atoms with Crippen LogP contribution in [0.5, 0.6) is 0 Å². The van der Waals surface area contributed by atoms with E-state index in [1.807, 2.05) is 16.3 Å². The lowest BCUT2D eigenvalue weighted by molar-refractivity contribution is -0.133. The van der Waals surface area contributed by atoms with Crippen LogP contribution in [0.2, 0.25) is 0 Å². The fourth-order valence-electron chi connectivity index (χ4n) is 3.07. The third kappa shape index (κ3) is 6.61. The van der Waals surface area contributed by atoms with Crippen LogP contribution in [-0.2, 0) is 16.1 Å². The van der Waals surface area contributed by atoms with Gasteiger partial charge >= 0.3 is 6.03 Å². The van der Waals surface area contributed by atoms with Crippen molar-refractivity contribution in [1.82, 2.24) is 15.1 Å². The molecular weight excluding hydrogens is 350 g/mol. The van der Waals surface area contributed by atoms with Crippen molar-refractivity contribution in [2.45, 2.75) is 45.7 Å². The number of ether oxygens (including phenoxy) is 1. The monoisotopic (exact) mass is 381 g/mol. The molecule has 2 heterocycles. The van der Waals surface area contributed by atoms with Crippen molar-refractivity contribution >= 4 is 23.3 Å². The number of methoxy groups -OCH3 is 1. The summed E-state index contributed by atoms with van der Waals surface area (Å²) in [6, 6.07) is 2.11. The molecule has 0 aromatic carbocycles. The molecular formula is C19H31N3O3S. The lowest BCUT2D eigenvalue weighted by Crippen LogP contribution is -2.50. The van der Waals surface area contributed by atoms with E-state index in [0.29, 0.717) is 32.0 Å². The fourth-order valence-corrected chi connectivity index (χ4v) is 3.73. The molecule has 3 amide bonds. The predicted octanol–water partition coefficient (Wildman–Crippen LogP) is 2.94. The SMILES string of the molecule is COCCN(Cc1ccsc1)C(=O)NC1CCN(C(=O)CC(C)C)CC1. The number of likely N-dealkylation sites (tertiary alicyclic amines) is 1. The molecule has 1 aliphatic rings. The minimum atomic E-state index is -0.0554. The highest BCUT2D eigenvalue weighted by Gasteiger charge is 2.25. The molecule has 1 saturated heterocycles. The van der Waals surface area contributed by atoms with E-state index in [9.17, 15) is 9.59 Å². The average Bonchev–Trinajstić information content (AvgIpc) is 3.11. The molecule has 1 aromatic heterocycles. The van der Waals surface area contributed by atoms with Crippen molar-refractivity contribution < 1.29 is 14.3 Å². The summed E-state index contributed by atoms with van der Waals surface area (Å²) < 4.78 is 5.14. The van der Waals surface area contributed by atoms with Crippen molar-refractivity contribution in [3.05, 3.63) is 22.4 Å². The first kappa shape index (κ1) is 20.7. The number of hydrogen-bond donors (Lipinski definition) is 1. The highest BCUT2D eigenvalue weighted by Crippen LogP contribution is 2.15. The second-order valence-corrected chi connectivity index (χ2v) is 8.03. The lowest BCUT2D eigenvalue weighted by atomic mass is 10.0. The number of hydrogen-bond acceptors (Lipinski definition) is 4. The molecule has 1 aliphatic heterocycles. The van der Waals surface area contributed by atoms with E-state index >= 15 is 0 Å². The first-order chi connectivity index (χ1) is 12.5. The second kappa shape index (κ2) is 10.5. The topological polar surface area (TPSA) is 61.9 Å². The molecule has 0 saturated carbocycles. The molecule has 6 nitrogen and oxygen atoms in total. The molecule has 0 spiro atoms. The Kier molecular flexibility index (Phi) is 8.38. The Hall–Kier alpha value is -1.60. The molecule has 0 bridgehead atoms. The van der Waals surface area contributed by atoms with Gasteiger partial charge in [0.2, 0.25) is 5.91 Å². The maximum Gasteiger partial charge on any atom is 0.317 e. The van der Waals surface area contributed by atoms with Gasteiger partial charge in [0, 0.05) is 45.8 Å². The van der Waals surface area contributed by atoms with Crippen LogP contribution < -0.4 is 5.32 Å². The maximum atomic E-state index is 12.7. The number of amides is 3. The molecule has 2 rings (SSSR count). The number of thiophene rings is 1. The van der Waals surface area contributed by atoms with E-state index in [-0.39, 0.29) is 18.0 Å². The third-order valence-electron chi connectivity index (χ3n) is 4.56. The Labute approximate surface area is 160 Å². The number of nitrogens with one attached hydrogen (secondary N) is 1. The summed E-state index contributed by atoms with van der Waals surface area (Å²) in [6.07, 6.45) is 2.22. The number of nitrogens with zero attached hydrogens (tertiary/aromatic N) is 2. The summed E-state index contributed by atoms with van der Waals surface area (Å²) in [6.45, 7) is 7.23. The normalized spacial score (nSPS) is 15.3. The molecule has 26 heavy (non-hydrogen) atoms. The summed E-state index contributed by atoms with van der Waals surface area (Å²) in [5.74, 6) is 0.607. The maximum absolute atomic E-state index is 12.7. The van der Waals surface area contributed by atoms with Crippen molar-refractivity contribution in [2.75, 3.05) is 33.4 Å². The lowest BCUT2D eigenvalue weighted by Gasteiger charge is -2.34. The highest BCUT2D eigenvalue weighted by molar-refractivity contribution is 7.07. The zero-order valence-corrected chi connectivity index (χ0v) is 16.9. The zero-order chi connectivity index (χ0) is 18.9. The van der Waals surface area contributed by atoms with Gasteiger partial charge in [-0.25, -0.2) is 4.79 Å². The minimum absolute atomic E-state index is 0.0554. The molecule has 0 atom stereocenters. The first-order valence-electron chi connectivity index (χ1n) is 9.32. The molecule has 0 aliphatic carbocycles. The quantitative estimate of drug-likeness (QED) is 0.753. The highest BCUT2D eigenvalue weighted by atomic mass is 32.1. The van der Waals surface area contributed by atoms with Crippen LogP contribution >= 0.6 is 11.3 Å². The van der Waals surface area contributed by atoms with Gasteiger partial charge < -0.3 is 19.9 Å². The largest absolute Gasteiger partial charge is 0.383 e. The first-order valence-corrected chi connectivity index (χ1v) is 10.3. The summed E-state index contributed by atoms with van der Waals surface area (Å²) in [5.41, 5.74) is 1.13. The number of rotatable bonds is 8. The van der Waals surface area contributed by atoms with Crippen molar-refractivity contribution in [3.8, 4) is 0 Å².